The molecule has 2 heterocycles. The third-order valence-corrected chi connectivity index (χ3v) is 6.73. The zero-order valence-corrected chi connectivity index (χ0v) is 16.5. The monoisotopic (exact) mass is 369 g/mol. The smallest absolute Gasteiger partial charge is 0.257 e. The predicted molar refractivity (Wildman–Crippen MR) is 104 cm³/mol. The highest BCUT2D eigenvalue weighted by Gasteiger charge is 2.36. The molecule has 1 saturated carbocycles. The van der Waals surface area contributed by atoms with Crippen LogP contribution in [0.15, 0.2) is 12.8 Å². The van der Waals surface area contributed by atoms with Crippen LogP contribution in [0.4, 0.5) is 8.78 Å². The van der Waals surface area contributed by atoms with Crippen LogP contribution in [0.2, 0.25) is 0 Å². The Morgan fingerprint density at radius 1 is 1.04 bits per heavy atom. The number of alkyl halides is 2. The van der Waals surface area contributed by atoms with E-state index in [4.69, 9.17) is 0 Å². The van der Waals surface area contributed by atoms with Gasteiger partial charge < -0.3 is 4.90 Å². The molecule has 3 aliphatic rings. The Hall–Kier alpha value is -0.680. The van der Waals surface area contributed by atoms with Gasteiger partial charge >= 0.3 is 0 Å². The normalized spacial score (nSPS) is 30.0. The first-order valence-electron chi connectivity index (χ1n) is 10.7. The molecular weight excluding hydrogens is 332 g/mol. The van der Waals surface area contributed by atoms with E-state index in [0.29, 0.717) is 12.1 Å². The number of likely N-dealkylation sites (tertiary alicyclic amines) is 1. The maximum absolute atomic E-state index is 13.2. The van der Waals surface area contributed by atoms with Crippen LogP contribution in [-0.2, 0) is 0 Å². The van der Waals surface area contributed by atoms with Crippen LogP contribution in [0.3, 0.4) is 0 Å². The van der Waals surface area contributed by atoms with E-state index in [9.17, 15) is 8.78 Å². The quantitative estimate of drug-likeness (QED) is 0.666. The molecular formula is C21H37F2N3. The van der Waals surface area contributed by atoms with Crippen molar-refractivity contribution in [1.82, 2.24) is 14.7 Å². The number of nitrogens with zero attached hydrogens (tertiary/aromatic N) is 3. The fourth-order valence-corrected chi connectivity index (χ4v) is 5.27. The lowest BCUT2D eigenvalue weighted by Gasteiger charge is -2.38. The summed E-state index contributed by atoms with van der Waals surface area (Å²) in [5.41, 5.74) is 0. The zero-order valence-electron chi connectivity index (χ0n) is 16.5. The van der Waals surface area contributed by atoms with Crippen LogP contribution in [-0.4, -0.2) is 72.0 Å². The maximum atomic E-state index is 13.2. The lowest BCUT2D eigenvalue weighted by Crippen LogP contribution is -2.52. The third kappa shape index (κ3) is 5.66. The third-order valence-electron chi connectivity index (χ3n) is 6.73. The number of hydrogen-bond acceptors (Lipinski definition) is 3. The summed E-state index contributed by atoms with van der Waals surface area (Å²) >= 11 is 0. The minimum absolute atomic E-state index is 0.103. The Morgan fingerprint density at radius 2 is 1.73 bits per heavy atom. The van der Waals surface area contributed by atoms with Gasteiger partial charge in [0.05, 0.1) is 6.54 Å². The SMILES string of the molecule is C=CN1CC(N2CCN(CC(C)(F)F)CC2)CC1CCC1CCCCC1. The predicted octanol–water partition coefficient (Wildman–Crippen LogP) is 4.21. The van der Waals surface area contributed by atoms with Crippen molar-refractivity contribution in [1.29, 1.82) is 0 Å². The summed E-state index contributed by atoms with van der Waals surface area (Å²) in [6, 6.07) is 1.19. The van der Waals surface area contributed by atoms with Crippen LogP contribution in [0.5, 0.6) is 0 Å². The van der Waals surface area contributed by atoms with E-state index in [-0.39, 0.29) is 6.54 Å². The highest BCUT2D eigenvalue weighted by Crippen LogP contribution is 2.32. The van der Waals surface area contributed by atoms with E-state index >= 15 is 0 Å². The Balaban J connectivity index is 1.44. The van der Waals surface area contributed by atoms with E-state index in [1.807, 2.05) is 11.1 Å². The van der Waals surface area contributed by atoms with Gasteiger partial charge in [-0.25, -0.2) is 8.78 Å². The van der Waals surface area contributed by atoms with Gasteiger partial charge in [-0.2, -0.15) is 0 Å². The lowest BCUT2D eigenvalue weighted by molar-refractivity contribution is -0.0289. The molecule has 0 bridgehead atoms. The molecule has 0 aromatic rings. The van der Waals surface area contributed by atoms with Crippen molar-refractivity contribution >= 4 is 0 Å². The Morgan fingerprint density at radius 3 is 2.35 bits per heavy atom. The first-order chi connectivity index (χ1) is 12.4. The molecule has 2 saturated heterocycles. The molecule has 0 aromatic heterocycles. The molecule has 0 spiro atoms. The fraction of sp³-hybridized carbons (Fsp3) is 0.905. The van der Waals surface area contributed by atoms with Crippen molar-refractivity contribution < 1.29 is 8.78 Å². The minimum Gasteiger partial charge on any atom is -0.373 e. The number of halogens is 2. The lowest BCUT2D eigenvalue weighted by atomic mass is 9.85. The zero-order chi connectivity index (χ0) is 18.6. The average Bonchev–Trinajstić information content (AvgIpc) is 3.03. The standard InChI is InChI=1S/C21H37F2N3/c1-3-25-16-20(15-19(25)10-9-18-7-5-4-6-8-18)26-13-11-24(12-14-26)17-21(2,22)23/h3,18-20H,1,4-17H2,2H3. The summed E-state index contributed by atoms with van der Waals surface area (Å²) in [6.45, 7) is 9.38. The summed E-state index contributed by atoms with van der Waals surface area (Å²) < 4.78 is 26.4. The number of rotatable bonds is 7. The largest absolute Gasteiger partial charge is 0.373 e. The van der Waals surface area contributed by atoms with Gasteiger partial charge in [0.1, 0.15) is 0 Å². The molecule has 0 N–H and O–H groups in total. The molecule has 26 heavy (non-hydrogen) atoms. The molecule has 2 unspecified atom stereocenters. The fourth-order valence-electron chi connectivity index (χ4n) is 5.27. The van der Waals surface area contributed by atoms with Crippen LogP contribution >= 0.6 is 0 Å². The molecule has 2 aliphatic heterocycles. The highest BCUT2D eigenvalue weighted by molar-refractivity contribution is 4.96. The molecule has 3 rings (SSSR count). The maximum Gasteiger partial charge on any atom is 0.257 e. The van der Waals surface area contributed by atoms with Crippen LogP contribution in [0.1, 0.15) is 58.3 Å². The number of piperazine rings is 1. The Kier molecular flexibility index (Phi) is 6.95. The van der Waals surface area contributed by atoms with Crippen molar-refractivity contribution in [3.8, 4) is 0 Å². The van der Waals surface area contributed by atoms with Crippen LogP contribution in [0.25, 0.3) is 0 Å². The second kappa shape index (κ2) is 9.01. The molecule has 5 heteroatoms. The van der Waals surface area contributed by atoms with Gasteiger partial charge in [0.2, 0.25) is 0 Å². The second-order valence-corrected chi connectivity index (χ2v) is 8.89. The Labute approximate surface area is 158 Å². The van der Waals surface area contributed by atoms with Gasteiger partial charge in [0.15, 0.2) is 0 Å². The van der Waals surface area contributed by atoms with E-state index in [0.717, 1.165) is 45.6 Å². The van der Waals surface area contributed by atoms with Gasteiger partial charge in [-0.05, 0) is 31.4 Å². The summed E-state index contributed by atoms with van der Waals surface area (Å²) in [6.07, 6.45) is 13.0. The summed E-state index contributed by atoms with van der Waals surface area (Å²) in [7, 11) is 0. The molecule has 150 valence electrons. The molecule has 3 nitrogen and oxygen atoms in total. The van der Waals surface area contributed by atoms with Gasteiger partial charge in [0.25, 0.3) is 5.92 Å². The molecule has 2 atom stereocenters. The van der Waals surface area contributed by atoms with Gasteiger partial charge in [-0.15, -0.1) is 0 Å². The topological polar surface area (TPSA) is 9.72 Å². The van der Waals surface area contributed by atoms with E-state index < -0.39 is 5.92 Å². The molecule has 0 aromatic carbocycles. The van der Waals surface area contributed by atoms with Crippen LogP contribution in [0, 0.1) is 5.92 Å². The van der Waals surface area contributed by atoms with E-state index in [1.54, 1.807) is 0 Å². The first-order valence-corrected chi connectivity index (χ1v) is 10.7. The second-order valence-electron chi connectivity index (χ2n) is 8.89. The van der Waals surface area contributed by atoms with Crippen LogP contribution < -0.4 is 0 Å². The van der Waals surface area contributed by atoms with Crippen molar-refractivity contribution in [2.45, 2.75) is 76.3 Å². The average molecular weight is 370 g/mol. The van der Waals surface area contributed by atoms with Crippen molar-refractivity contribution in [3.63, 3.8) is 0 Å². The van der Waals surface area contributed by atoms with Crippen molar-refractivity contribution in [3.05, 3.63) is 12.8 Å². The van der Waals surface area contributed by atoms with E-state index in [1.165, 1.54) is 51.4 Å². The summed E-state index contributed by atoms with van der Waals surface area (Å²) in [5, 5.41) is 0. The molecule has 1 aliphatic carbocycles. The summed E-state index contributed by atoms with van der Waals surface area (Å²) in [4.78, 5) is 6.89. The molecule has 0 amide bonds. The van der Waals surface area contributed by atoms with Crippen molar-refractivity contribution in [2.75, 3.05) is 39.3 Å². The van der Waals surface area contributed by atoms with Gasteiger partial charge in [0, 0.05) is 51.7 Å². The van der Waals surface area contributed by atoms with Gasteiger partial charge in [-0.3, -0.25) is 9.80 Å². The Bertz CT molecular complexity index is 437. The number of hydrogen-bond donors (Lipinski definition) is 0. The molecule has 3 fully saturated rings. The van der Waals surface area contributed by atoms with Crippen molar-refractivity contribution in [2.24, 2.45) is 5.92 Å². The summed E-state index contributed by atoms with van der Waals surface area (Å²) in [5.74, 6) is -1.65. The minimum atomic E-state index is -2.58. The highest BCUT2D eigenvalue weighted by atomic mass is 19.3. The first kappa shape index (κ1) is 20.1. The van der Waals surface area contributed by atoms with Gasteiger partial charge in [-0.1, -0.05) is 38.7 Å². The van der Waals surface area contributed by atoms with E-state index in [2.05, 4.69) is 16.4 Å². The molecule has 0 radical (unpaired) electrons.